The van der Waals surface area contributed by atoms with Gasteiger partial charge in [0.05, 0.1) is 19.8 Å². The van der Waals surface area contributed by atoms with Crippen LogP contribution in [0.4, 0.5) is 5.69 Å². The lowest BCUT2D eigenvalue weighted by atomic mass is 10.1. The first-order chi connectivity index (χ1) is 9.24. The maximum atomic E-state index is 5.87. The summed E-state index contributed by atoms with van der Waals surface area (Å²) in [5.41, 5.74) is 8.40. The summed E-state index contributed by atoms with van der Waals surface area (Å²) in [5, 5.41) is 3.94. The number of nitrogens with zero attached hydrogens (tertiary/aromatic N) is 2. The van der Waals surface area contributed by atoms with Crippen molar-refractivity contribution in [1.29, 1.82) is 0 Å². The lowest BCUT2D eigenvalue weighted by molar-refractivity contribution is -0.0941. The monoisotopic (exact) mass is 261 g/mol. The summed E-state index contributed by atoms with van der Waals surface area (Å²) in [6, 6.07) is 5.65. The summed E-state index contributed by atoms with van der Waals surface area (Å²) < 4.78 is 16.1. The molecule has 1 saturated heterocycles. The molecule has 1 aliphatic rings. The molecule has 2 N–H and O–H groups in total. The highest BCUT2D eigenvalue weighted by atomic mass is 16.6. The van der Waals surface area contributed by atoms with Crippen molar-refractivity contribution in [2.45, 2.75) is 13.0 Å². The Balaban J connectivity index is 1.85. The van der Waals surface area contributed by atoms with Gasteiger partial charge in [0, 0.05) is 11.3 Å². The first-order valence-electron chi connectivity index (χ1n) is 6.13. The topological polar surface area (TPSA) is 83.4 Å². The molecule has 0 amide bonds. The minimum absolute atomic E-state index is 0.256. The minimum Gasteiger partial charge on any atom is -0.398 e. The third-order valence-electron chi connectivity index (χ3n) is 3.07. The molecule has 0 bridgehead atoms. The molecular formula is C13H15N3O3. The second kappa shape index (κ2) is 4.99. The molecule has 6 nitrogen and oxygen atoms in total. The van der Waals surface area contributed by atoms with Crippen molar-refractivity contribution in [3.63, 3.8) is 0 Å². The van der Waals surface area contributed by atoms with Crippen molar-refractivity contribution >= 4 is 5.69 Å². The van der Waals surface area contributed by atoms with Crippen molar-refractivity contribution in [3.8, 4) is 11.5 Å². The lowest BCUT2D eigenvalue weighted by Gasteiger charge is -2.19. The molecule has 0 spiro atoms. The zero-order valence-electron chi connectivity index (χ0n) is 10.6. The van der Waals surface area contributed by atoms with Crippen LogP contribution in [0, 0.1) is 6.92 Å². The molecule has 1 unspecified atom stereocenters. The van der Waals surface area contributed by atoms with E-state index < -0.39 is 0 Å². The van der Waals surface area contributed by atoms with Crippen molar-refractivity contribution in [1.82, 2.24) is 10.1 Å². The number of nitrogen functional groups attached to an aromatic ring is 1. The van der Waals surface area contributed by atoms with Crippen molar-refractivity contribution in [2.75, 3.05) is 25.6 Å². The standard InChI is InChI=1S/C13H15N3O3/c1-8-2-3-9(6-10(8)14)13-15-12(16-19-13)11-7-17-4-5-18-11/h2-3,6,11H,4-5,7,14H2,1H3. The lowest BCUT2D eigenvalue weighted by Crippen LogP contribution is -2.22. The Morgan fingerprint density at radius 3 is 2.95 bits per heavy atom. The Hall–Kier alpha value is -1.92. The summed E-state index contributed by atoms with van der Waals surface area (Å²) in [4.78, 5) is 4.34. The molecule has 1 aliphatic heterocycles. The second-order valence-corrected chi connectivity index (χ2v) is 4.46. The highest BCUT2D eigenvalue weighted by molar-refractivity contribution is 5.62. The molecule has 100 valence electrons. The summed E-state index contributed by atoms with van der Waals surface area (Å²) in [6.07, 6.45) is -0.256. The summed E-state index contributed by atoms with van der Waals surface area (Å²) in [5.74, 6) is 0.949. The van der Waals surface area contributed by atoms with Crippen LogP contribution in [-0.4, -0.2) is 30.0 Å². The Kier molecular flexibility index (Phi) is 3.18. The Morgan fingerprint density at radius 2 is 2.21 bits per heavy atom. The van der Waals surface area contributed by atoms with Crippen molar-refractivity contribution in [3.05, 3.63) is 29.6 Å². The average Bonchev–Trinajstić information content (AvgIpc) is 2.93. The van der Waals surface area contributed by atoms with Gasteiger partial charge < -0.3 is 19.7 Å². The Bertz CT molecular complexity index is 576. The first-order valence-corrected chi connectivity index (χ1v) is 6.13. The molecule has 3 rings (SSSR count). The fourth-order valence-corrected chi connectivity index (χ4v) is 1.89. The van der Waals surface area contributed by atoms with Gasteiger partial charge in [-0.25, -0.2) is 0 Å². The summed E-state index contributed by atoms with van der Waals surface area (Å²) in [6.45, 7) is 3.56. The molecule has 1 fully saturated rings. The van der Waals surface area contributed by atoms with Crippen molar-refractivity contribution in [2.24, 2.45) is 0 Å². The fourth-order valence-electron chi connectivity index (χ4n) is 1.89. The SMILES string of the molecule is Cc1ccc(-c2nc(C3COCCO3)no2)cc1N. The predicted octanol–water partition coefficient (Wildman–Crippen LogP) is 1.72. The van der Waals surface area contributed by atoms with Gasteiger partial charge in [0.15, 0.2) is 0 Å². The number of hydrogen-bond acceptors (Lipinski definition) is 6. The van der Waals surface area contributed by atoms with Gasteiger partial charge in [0.1, 0.15) is 6.10 Å². The number of benzene rings is 1. The van der Waals surface area contributed by atoms with Crippen LogP contribution in [0.25, 0.3) is 11.5 Å². The number of ether oxygens (including phenoxy) is 2. The summed E-state index contributed by atoms with van der Waals surface area (Å²) >= 11 is 0. The number of nitrogens with two attached hydrogens (primary N) is 1. The number of aromatic nitrogens is 2. The van der Waals surface area contributed by atoms with E-state index >= 15 is 0 Å². The van der Waals surface area contributed by atoms with Crippen LogP contribution >= 0.6 is 0 Å². The molecule has 1 aromatic carbocycles. The van der Waals surface area contributed by atoms with E-state index in [0.717, 1.165) is 11.1 Å². The van der Waals surface area contributed by atoms with Gasteiger partial charge in [-0.05, 0) is 24.6 Å². The van der Waals surface area contributed by atoms with E-state index in [1.165, 1.54) is 0 Å². The first kappa shape index (κ1) is 12.1. The van der Waals surface area contributed by atoms with Crippen LogP contribution in [-0.2, 0) is 9.47 Å². The summed E-state index contributed by atoms with van der Waals surface area (Å²) in [7, 11) is 0. The van der Waals surface area contributed by atoms with Crippen LogP contribution in [0.5, 0.6) is 0 Å². The predicted molar refractivity (Wildman–Crippen MR) is 68.4 cm³/mol. The number of anilines is 1. The van der Waals surface area contributed by atoms with Crippen LogP contribution in [0.1, 0.15) is 17.5 Å². The van der Waals surface area contributed by atoms with Gasteiger partial charge in [-0.1, -0.05) is 11.2 Å². The number of hydrogen-bond donors (Lipinski definition) is 1. The van der Waals surface area contributed by atoms with Gasteiger partial charge in [-0.15, -0.1) is 0 Å². The molecule has 2 heterocycles. The van der Waals surface area contributed by atoms with E-state index in [1.54, 1.807) is 0 Å². The van der Waals surface area contributed by atoms with Crippen LogP contribution in [0.2, 0.25) is 0 Å². The van der Waals surface area contributed by atoms with Crippen LogP contribution < -0.4 is 5.73 Å². The molecule has 19 heavy (non-hydrogen) atoms. The van der Waals surface area contributed by atoms with Crippen molar-refractivity contribution < 1.29 is 14.0 Å². The maximum Gasteiger partial charge on any atom is 0.258 e. The van der Waals surface area contributed by atoms with Gasteiger partial charge in [-0.2, -0.15) is 4.98 Å². The normalized spacial score (nSPS) is 19.5. The largest absolute Gasteiger partial charge is 0.398 e. The van der Waals surface area contributed by atoms with E-state index in [-0.39, 0.29) is 6.10 Å². The highest BCUT2D eigenvalue weighted by Crippen LogP contribution is 2.25. The van der Waals surface area contributed by atoms with E-state index in [0.29, 0.717) is 37.2 Å². The zero-order valence-corrected chi connectivity index (χ0v) is 10.6. The molecule has 1 aromatic heterocycles. The highest BCUT2D eigenvalue weighted by Gasteiger charge is 2.22. The molecule has 6 heteroatoms. The van der Waals surface area contributed by atoms with E-state index in [1.807, 2.05) is 25.1 Å². The van der Waals surface area contributed by atoms with E-state index in [4.69, 9.17) is 19.7 Å². The molecule has 0 aliphatic carbocycles. The van der Waals surface area contributed by atoms with Gasteiger partial charge in [0.25, 0.3) is 5.89 Å². The smallest absolute Gasteiger partial charge is 0.258 e. The average molecular weight is 261 g/mol. The third kappa shape index (κ3) is 2.45. The molecule has 2 aromatic rings. The van der Waals surface area contributed by atoms with Gasteiger partial charge in [0.2, 0.25) is 5.82 Å². The molecule has 1 atom stereocenters. The van der Waals surface area contributed by atoms with Crippen LogP contribution in [0.3, 0.4) is 0 Å². The van der Waals surface area contributed by atoms with Gasteiger partial charge in [-0.3, -0.25) is 0 Å². The Morgan fingerprint density at radius 1 is 1.32 bits per heavy atom. The van der Waals surface area contributed by atoms with Crippen LogP contribution in [0.15, 0.2) is 22.7 Å². The van der Waals surface area contributed by atoms with Gasteiger partial charge >= 0.3 is 0 Å². The zero-order chi connectivity index (χ0) is 13.2. The third-order valence-corrected chi connectivity index (χ3v) is 3.07. The molecule has 0 saturated carbocycles. The molecular weight excluding hydrogens is 246 g/mol. The minimum atomic E-state index is -0.256. The quantitative estimate of drug-likeness (QED) is 0.829. The fraction of sp³-hybridized carbons (Fsp3) is 0.385. The number of rotatable bonds is 2. The van der Waals surface area contributed by atoms with E-state index in [9.17, 15) is 0 Å². The van der Waals surface area contributed by atoms with E-state index in [2.05, 4.69) is 10.1 Å². The number of aryl methyl sites for hydroxylation is 1. The Labute approximate surface area is 110 Å². The molecule has 0 radical (unpaired) electrons. The maximum absolute atomic E-state index is 5.87. The second-order valence-electron chi connectivity index (χ2n) is 4.46.